The van der Waals surface area contributed by atoms with Gasteiger partial charge in [-0.2, -0.15) is 0 Å². The number of rotatable bonds is 7. The number of nitrogens with one attached hydrogen (secondary N) is 1. The molecule has 0 aliphatic heterocycles. The smallest absolute Gasteiger partial charge is 0.118 e. The van der Waals surface area contributed by atoms with Crippen LogP contribution in [0, 0.1) is 11.8 Å². The molecule has 0 saturated heterocycles. The highest BCUT2D eigenvalue weighted by Crippen LogP contribution is 2.41. The van der Waals surface area contributed by atoms with E-state index in [1.165, 1.54) is 18.4 Å². The minimum Gasteiger partial charge on any atom is -0.497 e. The van der Waals surface area contributed by atoms with Crippen molar-refractivity contribution in [3.8, 4) is 5.75 Å². The average molecular weight is 263 g/mol. The highest BCUT2D eigenvalue weighted by molar-refractivity contribution is 5.30. The monoisotopic (exact) mass is 263 g/mol. The van der Waals surface area contributed by atoms with Gasteiger partial charge >= 0.3 is 0 Å². The quantitative estimate of drug-likeness (QED) is 0.795. The summed E-state index contributed by atoms with van der Waals surface area (Å²) in [5.74, 6) is 2.03. The van der Waals surface area contributed by atoms with Gasteiger partial charge in [0.05, 0.1) is 13.7 Å². The van der Waals surface area contributed by atoms with Crippen molar-refractivity contribution in [2.45, 2.75) is 38.8 Å². The lowest BCUT2D eigenvalue weighted by Crippen LogP contribution is -2.40. The van der Waals surface area contributed by atoms with E-state index in [4.69, 9.17) is 4.74 Å². The molecule has 1 aliphatic carbocycles. The molecule has 1 fully saturated rings. The summed E-state index contributed by atoms with van der Waals surface area (Å²) in [5.41, 5.74) is 1.29. The molecule has 106 valence electrons. The van der Waals surface area contributed by atoms with Gasteiger partial charge < -0.3 is 15.2 Å². The van der Waals surface area contributed by atoms with Crippen LogP contribution in [0.15, 0.2) is 24.3 Å². The summed E-state index contributed by atoms with van der Waals surface area (Å²) in [7, 11) is 1.69. The van der Waals surface area contributed by atoms with E-state index in [2.05, 4.69) is 31.3 Å². The van der Waals surface area contributed by atoms with Crippen molar-refractivity contribution in [1.82, 2.24) is 5.32 Å². The molecule has 2 atom stereocenters. The maximum atomic E-state index is 9.49. The van der Waals surface area contributed by atoms with E-state index in [0.29, 0.717) is 17.9 Å². The Kier molecular flexibility index (Phi) is 4.83. The van der Waals surface area contributed by atoms with Crippen LogP contribution in [0.5, 0.6) is 5.75 Å². The van der Waals surface area contributed by atoms with Crippen LogP contribution in [0.1, 0.15) is 38.3 Å². The van der Waals surface area contributed by atoms with Crippen molar-refractivity contribution in [3.63, 3.8) is 0 Å². The molecule has 0 bridgehead atoms. The summed E-state index contributed by atoms with van der Waals surface area (Å²) in [4.78, 5) is 0. The summed E-state index contributed by atoms with van der Waals surface area (Å²) in [6.07, 6.45) is 2.56. The SMILES string of the molecule is COc1ccc(C(N[C@H](CO)C(C)C)C2CC2)cc1. The van der Waals surface area contributed by atoms with Crippen molar-refractivity contribution < 1.29 is 9.84 Å². The first-order chi connectivity index (χ1) is 9.15. The minimum absolute atomic E-state index is 0.160. The fourth-order valence-corrected chi connectivity index (χ4v) is 2.43. The Morgan fingerprint density at radius 1 is 1.26 bits per heavy atom. The third-order valence-corrected chi connectivity index (χ3v) is 3.96. The molecule has 1 saturated carbocycles. The molecule has 1 unspecified atom stereocenters. The van der Waals surface area contributed by atoms with Gasteiger partial charge in [-0.15, -0.1) is 0 Å². The van der Waals surface area contributed by atoms with E-state index >= 15 is 0 Å². The maximum Gasteiger partial charge on any atom is 0.118 e. The number of hydrogen-bond donors (Lipinski definition) is 2. The van der Waals surface area contributed by atoms with Gasteiger partial charge in [0, 0.05) is 12.1 Å². The number of hydrogen-bond acceptors (Lipinski definition) is 3. The number of aliphatic hydroxyl groups is 1. The van der Waals surface area contributed by atoms with Gasteiger partial charge in [0.15, 0.2) is 0 Å². The van der Waals surface area contributed by atoms with Crippen LogP contribution in [0.4, 0.5) is 0 Å². The van der Waals surface area contributed by atoms with Crippen molar-refractivity contribution in [2.75, 3.05) is 13.7 Å². The lowest BCUT2D eigenvalue weighted by Gasteiger charge is -2.27. The third-order valence-electron chi connectivity index (χ3n) is 3.96. The Balaban J connectivity index is 2.10. The number of aliphatic hydroxyl groups excluding tert-OH is 1. The second-order valence-corrected chi connectivity index (χ2v) is 5.79. The first-order valence-electron chi connectivity index (χ1n) is 7.16. The highest BCUT2D eigenvalue weighted by atomic mass is 16.5. The zero-order valence-corrected chi connectivity index (χ0v) is 12.1. The summed E-state index contributed by atoms with van der Waals surface area (Å²) in [6, 6.07) is 8.79. The molecule has 19 heavy (non-hydrogen) atoms. The lowest BCUT2D eigenvalue weighted by molar-refractivity contribution is 0.194. The maximum absolute atomic E-state index is 9.49. The second kappa shape index (κ2) is 6.40. The van der Waals surface area contributed by atoms with E-state index in [0.717, 1.165) is 5.75 Å². The number of ether oxygens (including phenoxy) is 1. The molecule has 0 aromatic heterocycles. The first kappa shape index (κ1) is 14.4. The molecule has 0 amide bonds. The Morgan fingerprint density at radius 3 is 2.32 bits per heavy atom. The molecule has 0 radical (unpaired) electrons. The molecule has 1 aromatic carbocycles. The lowest BCUT2D eigenvalue weighted by atomic mass is 9.98. The zero-order chi connectivity index (χ0) is 13.8. The van der Waals surface area contributed by atoms with Crippen LogP contribution >= 0.6 is 0 Å². The Bertz CT molecular complexity index is 384. The van der Waals surface area contributed by atoms with Gasteiger partial charge in [-0.05, 0) is 42.4 Å². The van der Waals surface area contributed by atoms with E-state index in [9.17, 15) is 5.11 Å². The van der Waals surface area contributed by atoms with Crippen LogP contribution in [-0.2, 0) is 0 Å². The molecule has 3 heteroatoms. The zero-order valence-electron chi connectivity index (χ0n) is 12.1. The molecule has 3 nitrogen and oxygen atoms in total. The standard InChI is InChI=1S/C16H25NO2/c1-11(2)15(10-18)17-16(12-4-5-12)13-6-8-14(19-3)9-7-13/h6-9,11-12,15-18H,4-5,10H2,1-3H3/t15-,16?/m1/s1. The number of benzene rings is 1. The van der Waals surface area contributed by atoms with Crippen molar-refractivity contribution in [1.29, 1.82) is 0 Å². The summed E-state index contributed by atoms with van der Waals surface area (Å²) in [6.45, 7) is 4.48. The Hall–Kier alpha value is -1.06. The fourth-order valence-electron chi connectivity index (χ4n) is 2.43. The molecule has 1 aromatic rings. The van der Waals surface area contributed by atoms with Crippen LogP contribution in [0.2, 0.25) is 0 Å². The van der Waals surface area contributed by atoms with Crippen LogP contribution in [0.3, 0.4) is 0 Å². The highest BCUT2D eigenvalue weighted by Gasteiger charge is 2.33. The summed E-state index contributed by atoms with van der Waals surface area (Å²) >= 11 is 0. The fraction of sp³-hybridized carbons (Fsp3) is 0.625. The average Bonchev–Trinajstić information content (AvgIpc) is 3.24. The van der Waals surface area contributed by atoms with E-state index in [1.807, 2.05) is 12.1 Å². The molecule has 1 aliphatic rings. The molecule has 0 heterocycles. The third kappa shape index (κ3) is 3.71. The predicted octanol–water partition coefficient (Wildman–Crippen LogP) is 2.75. The van der Waals surface area contributed by atoms with E-state index < -0.39 is 0 Å². The summed E-state index contributed by atoms with van der Waals surface area (Å²) in [5, 5.41) is 13.1. The largest absolute Gasteiger partial charge is 0.497 e. The van der Waals surface area contributed by atoms with Crippen LogP contribution in [0.25, 0.3) is 0 Å². The molecule has 2 N–H and O–H groups in total. The Morgan fingerprint density at radius 2 is 1.89 bits per heavy atom. The molecule has 2 rings (SSSR count). The van der Waals surface area contributed by atoms with Crippen LogP contribution < -0.4 is 10.1 Å². The van der Waals surface area contributed by atoms with E-state index in [-0.39, 0.29) is 12.6 Å². The van der Waals surface area contributed by atoms with Crippen molar-refractivity contribution in [2.24, 2.45) is 11.8 Å². The Labute approximate surface area is 116 Å². The van der Waals surface area contributed by atoms with Crippen LogP contribution in [-0.4, -0.2) is 24.9 Å². The van der Waals surface area contributed by atoms with Gasteiger partial charge in [-0.3, -0.25) is 0 Å². The molecular formula is C16H25NO2. The summed E-state index contributed by atoms with van der Waals surface area (Å²) < 4.78 is 5.21. The second-order valence-electron chi connectivity index (χ2n) is 5.79. The van der Waals surface area contributed by atoms with Gasteiger partial charge in [0.1, 0.15) is 5.75 Å². The van der Waals surface area contributed by atoms with Crippen molar-refractivity contribution >= 4 is 0 Å². The minimum atomic E-state index is 0.160. The van der Waals surface area contributed by atoms with Gasteiger partial charge in [0.2, 0.25) is 0 Å². The topological polar surface area (TPSA) is 41.5 Å². The van der Waals surface area contributed by atoms with Gasteiger partial charge in [-0.25, -0.2) is 0 Å². The van der Waals surface area contributed by atoms with E-state index in [1.54, 1.807) is 7.11 Å². The molecule has 0 spiro atoms. The first-order valence-corrected chi connectivity index (χ1v) is 7.16. The number of methoxy groups -OCH3 is 1. The van der Waals surface area contributed by atoms with Gasteiger partial charge in [-0.1, -0.05) is 26.0 Å². The normalized spacial score (nSPS) is 18.4. The van der Waals surface area contributed by atoms with Gasteiger partial charge in [0.25, 0.3) is 0 Å². The van der Waals surface area contributed by atoms with Crippen molar-refractivity contribution in [3.05, 3.63) is 29.8 Å². The predicted molar refractivity (Wildman–Crippen MR) is 77.3 cm³/mol. The molecular weight excluding hydrogens is 238 g/mol.